The van der Waals surface area contributed by atoms with E-state index in [-0.39, 0.29) is 0 Å². The van der Waals surface area contributed by atoms with Gasteiger partial charge in [0.05, 0.1) is 5.69 Å². The van der Waals surface area contributed by atoms with Gasteiger partial charge in [0.25, 0.3) is 0 Å². The third-order valence-corrected chi connectivity index (χ3v) is 3.74. The Morgan fingerprint density at radius 1 is 0.952 bits per heavy atom. The van der Waals surface area contributed by atoms with Crippen molar-refractivity contribution in [1.82, 2.24) is 15.3 Å². The Hall–Kier alpha value is -2.26. The molecular formula is C18H19N3. The molecule has 0 amide bonds. The van der Waals surface area contributed by atoms with Crippen LogP contribution in [-0.2, 0) is 19.5 Å². The summed E-state index contributed by atoms with van der Waals surface area (Å²) in [5, 5.41) is 5.95. The molecule has 0 aliphatic heterocycles. The van der Waals surface area contributed by atoms with Crippen LogP contribution in [0.25, 0.3) is 10.8 Å². The second-order valence-corrected chi connectivity index (χ2v) is 5.08. The molecule has 3 heteroatoms. The van der Waals surface area contributed by atoms with E-state index in [9.17, 15) is 0 Å². The first-order valence-electron chi connectivity index (χ1n) is 7.33. The van der Waals surface area contributed by atoms with Crippen LogP contribution in [-0.4, -0.2) is 9.97 Å². The minimum atomic E-state index is 0.797. The highest BCUT2D eigenvalue weighted by Crippen LogP contribution is 2.17. The lowest BCUT2D eigenvalue weighted by Crippen LogP contribution is -2.15. The Bertz CT molecular complexity index is 732. The molecule has 0 unspecified atom stereocenters. The molecule has 2 aromatic heterocycles. The van der Waals surface area contributed by atoms with E-state index in [0.29, 0.717) is 0 Å². The summed E-state index contributed by atoms with van der Waals surface area (Å²) in [5.74, 6) is 0. The molecule has 0 bridgehead atoms. The molecule has 0 aliphatic rings. The lowest BCUT2D eigenvalue weighted by Gasteiger charge is -2.10. The van der Waals surface area contributed by atoms with E-state index in [4.69, 9.17) is 0 Å². The largest absolute Gasteiger partial charge is 0.307 e. The second kappa shape index (κ2) is 6.46. The summed E-state index contributed by atoms with van der Waals surface area (Å²) in [5.41, 5.74) is 3.75. The highest BCUT2D eigenvalue weighted by atomic mass is 14.9. The molecule has 1 aromatic carbocycles. The summed E-state index contributed by atoms with van der Waals surface area (Å²) in [6.07, 6.45) is 6.64. The summed E-state index contributed by atoms with van der Waals surface area (Å²) in [4.78, 5) is 8.64. The van der Waals surface area contributed by atoms with Crippen molar-refractivity contribution in [3.63, 3.8) is 0 Å². The number of pyridine rings is 2. The summed E-state index contributed by atoms with van der Waals surface area (Å²) < 4.78 is 0. The van der Waals surface area contributed by atoms with Crippen LogP contribution >= 0.6 is 0 Å². The zero-order valence-electron chi connectivity index (χ0n) is 12.2. The molecule has 3 rings (SSSR count). The lowest BCUT2D eigenvalue weighted by molar-refractivity contribution is 0.676. The number of hydrogen-bond donors (Lipinski definition) is 1. The van der Waals surface area contributed by atoms with Crippen molar-refractivity contribution in [2.45, 2.75) is 26.4 Å². The Morgan fingerprint density at radius 3 is 2.76 bits per heavy atom. The first kappa shape index (κ1) is 13.7. The van der Waals surface area contributed by atoms with Gasteiger partial charge in [0.15, 0.2) is 0 Å². The Morgan fingerprint density at radius 2 is 1.86 bits per heavy atom. The molecule has 106 valence electrons. The molecule has 0 atom stereocenters. The maximum Gasteiger partial charge on any atom is 0.0573 e. The van der Waals surface area contributed by atoms with E-state index >= 15 is 0 Å². The molecular weight excluding hydrogens is 258 g/mol. The maximum atomic E-state index is 4.47. The van der Waals surface area contributed by atoms with Crippen LogP contribution in [0.2, 0.25) is 0 Å². The number of rotatable bonds is 5. The van der Waals surface area contributed by atoms with Crippen molar-refractivity contribution in [1.29, 1.82) is 0 Å². The summed E-state index contributed by atoms with van der Waals surface area (Å²) in [6, 6.07) is 12.6. The van der Waals surface area contributed by atoms with Gasteiger partial charge in [-0.05, 0) is 35.1 Å². The van der Waals surface area contributed by atoms with Crippen molar-refractivity contribution in [2.75, 3.05) is 0 Å². The molecule has 3 aromatic rings. The average Bonchev–Trinajstić information content (AvgIpc) is 2.55. The molecule has 1 N–H and O–H groups in total. The summed E-state index contributed by atoms with van der Waals surface area (Å²) >= 11 is 0. The minimum absolute atomic E-state index is 0.797. The van der Waals surface area contributed by atoms with Crippen molar-refractivity contribution in [2.24, 2.45) is 0 Å². The minimum Gasteiger partial charge on any atom is -0.307 e. The molecule has 21 heavy (non-hydrogen) atoms. The molecule has 0 fully saturated rings. The van der Waals surface area contributed by atoms with E-state index in [1.165, 1.54) is 21.9 Å². The molecule has 0 spiro atoms. The highest BCUT2D eigenvalue weighted by molar-refractivity contribution is 5.84. The lowest BCUT2D eigenvalue weighted by atomic mass is 10.1. The molecule has 0 saturated carbocycles. The van der Waals surface area contributed by atoms with Crippen LogP contribution in [0.5, 0.6) is 0 Å². The zero-order chi connectivity index (χ0) is 14.5. The van der Waals surface area contributed by atoms with Gasteiger partial charge in [-0.1, -0.05) is 31.2 Å². The van der Waals surface area contributed by atoms with E-state index in [1.54, 1.807) is 0 Å². The number of nitrogens with one attached hydrogen (secondary N) is 1. The summed E-state index contributed by atoms with van der Waals surface area (Å²) in [7, 11) is 0. The highest BCUT2D eigenvalue weighted by Gasteiger charge is 2.03. The number of nitrogens with zero attached hydrogens (tertiary/aromatic N) is 2. The van der Waals surface area contributed by atoms with Gasteiger partial charge in [0.2, 0.25) is 0 Å². The quantitative estimate of drug-likeness (QED) is 0.776. The summed E-state index contributed by atoms with van der Waals surface area (Å²) in [6.45, 7) is 3.80. The van der Waals surface area contributed by atoms with E-state index < -0.39 is 0 Å². The van der Waals surface area contributed by atoms with Gasteiger partial charge in [-0.3, -0.25) is 9.97 Å². The Kier molecular flexibility index (Phi) is 4.22. The van der Waals surface area contributed by atoms with E-state index in [1.807, 2.05) is 24.7 Å². The topological polar surface area (TPSA) is 37.8 Å². The van der Waals surface area contributed by atoms with Crippen LogP contribution < -0.4 is 5.32 Å². The Balaban J connectivity index is 1.72. The average molecular weight is 277 g/mol. The van der Waals surface area contributed by atoms with Crippen LogP contribution in [0.15, 0.2) is 55.0 Å². The number of fused-ring (bicyclic) bond motifs is 1. The fraction of sp³-hybridized carbons (Fsp3) is 0.222. The predicted molar refractivity (Wildman–Crippen MR) is 85.9 cm³/mol. The zero-order valence-corrected chi connectivity index (χ0v) is 12.2. The normalized spacial score (nSPS) is 10.9. The number of aromatic nitrogens is 2. The predicted octanol–water partition coefficient (Wildman–Crippen LogP) is 3.48. The van der Waals surface area contributed by atoms with Crippen LogP contribution in [0.4, 0.5) is 0 Å². The fourth-order valence-corrected chi connectivity index (χ4v) is 2.61. The number of benzene rings is 1. The molecule has 2 heterocycles. The molecule has 3 nitrogen and oxygen atoms in total. The van der Waals surface area contributed by atoms with Crippen LogP contribution in [0.3, 0.4) is 0 Å². The van der Waals surface area contributed by atoms with Gasteiger partial charge in [0, 0.05) is 37.1 Å². The van der Waals surface area contributed by atoms with Crippen LogP contribution in [0.1, 0.15) is 23.7 Å². The number of hydrogen-bond acceptors (Lipinski definition) is 3. The van der Waals surface area contributed by atoms with Crippen molar-refractivity contribution in [3.8, 4) is 0 Å². The number of aryl methyl sites for hydroxylation is 1. The molecule has 0 aliphatic carbocycles. The maximum absolute atomic E-state index is 4.47. The SMILES string of the molecule is CCc1cccnc1CNCc1cccc2cnccc12. The van der Waals surface area contributed by atoms with Gasteiger partial charge in [0.1, 0.15) is 0 Å². The van der Waals surface area contributed by atoms with Gasteiger partial charge in [-0.2, -0.15) is 0 Å². The van der Waals surface area contributed by atoms with Gasteiger partial charge >= 0.3 is 0 Å². The third kappa shape index (κ3) is 3.09. The Labute approximate surface area is 125 Å². The van der Waals surface area contributed by atoms with Gasteiger partial charge in [-0.15, -0.1) is 0 Å². The molecule has 0 radical (unpaired) electrons. The van der Waals surface area contributed by atoms with Crippen molar-refractivity contribution < 1.29 is 0 Å². The van der Waals surface area contributed by atoms with E-state index in [0.717, 1.165) is 25.2 Å². The first-order chi connectivity index (χ1) is 10.4. The fourth-order valence-electron chi connectivity index (χ4n) is 2.61. The first-order valence-corrected chi connectivity index (χ1v) is 7.33. The standard InChI is InChI=1S/C18H19N3/c1-2-14-7-4-9-21-18(14)13-20-12-16-6-3-5-15-11-19-10-8-17(15)16/h3-11,20H,2,12-13H2,1H3. The third-order valence-electron chi connectivity index (χ3n) is 3.74. The van der Waals surface area contributed by atoms with Gasteiger partial charge in [-0.25, -0.2) is 0 Å². The van der Waals surface area contributed by atoms with Crippen LogP contribution in [0, 0.1) is 0 Å². The van der Waals surface area contributed by atoms with Gasteiger partial charge < -0.3 is 5.32 Å². The monoisotopic (exact) mass is 277 g/mol. The van der Waals surface area contributed by atoms with E-state index in [2.05, 4.69) is 52.5 Å². The molecule has 0 saturated heterocycles. The van der Waals surface area contributed by atoms with Crippen molar-refractivity contribution in [3.05, 3.63) is 71.8 Å². The second-order valence-electron chi connectivity index (χ2n) is 5.08. The smallest absolute Gasteiger partial charge is 0.0573 e. The van der Waals surface area contributed by atoms with Crippen molar-refractivity contribution >= 4 is 10.8 Å².